The largest absolute Gasteiger partial charge is 0.462 e. The number of esters is 3. The van der Waals surface area contributed by atoms with E-state index in [2.05, 4.69) is 154 Å². The maximum atomic E-state index is 12.9. The molecule has 0 aromatic heterocycles. The summed E-state index contributed by atoms with van der Waals surface area (Å²) in [7, 11) is 0. The van der Waals surface area contributed by atoms with Crippen molar-refractivity contribution in [3.05, 3.63) is 134 Å². The third kappa shape index (κ3) is 66.4. The van der Waals surface area contributed by atoms with Crippen LogP contribution in [0.25, 0.3) is 0 Å². The average molecular weight is 1140 g/mol. The molecule has 0 rings (SSSR count). The third-order valence-corrected chi connectivity index (χ3v) is 14.4. The van der Waals surface area contributed by atoms with E-state index in [1.807, 2.05) is 0 Å². The maximum absolute atomic E-state index is 12.9. The first-order valence-corrected chi connectivity index (χ1v) is 34.2. The number of ether oxygens (including phenoxy) is 3. The van der Waals surface area contributed by atoms with Gasteiger partial charge < -0.3 is 14.2 Å². The molecule has 0 spiro atoms. The number of hydrogen-bond acceptors (Lipinski definition) is 6. The number of unbranched alkanes of at least 4 members (excludes halogenated alkanes) is 28. The molecule has 0 aromatic rings. The van der Waals surface area contributed by atoms with Gasteiger partial charge in [0.15, 0.2) is 6.10 Å². The lowest BCUT2D eigenvalue weighted by molar-refractivity contribution is -0.167. The minimum Gasteiger partial charge on any atom is -0.462 e. The molecular formula is C76H126O6. The van der Waals surface area contributed by atoms with Crippen molar-refractivity contribution in [3.63, 3.8) is 0 Å². The second-order valence-electron chi connectivity index (χ2n) is 22.3. The number of hydrogen-bond donors (Lipinski definition) is 0. The van der Waals surface area contributed by atoms with Crippen LogP contribution in [-0.2, 0) is 28.6 Å². The zero-order chi connectivity index (χ0) is 59.2. The zero-order valence-electron chi connectivity index (χ0n) is 53.5. The van der Waals surface area contributed by atoms with E-state index in [-0.39, 0.29) is 31.1 Å². The zero-order valence-corrected chi connectivity index (χ0v) is 53.5. The molecule has 0 fully saturated rings. The first kappa shape index (κ1) is 77.5. The van der Waals surface area contributed by atoms with Crippen molar-refractivity contribution in [1.29, 1.82) is 0 Å². The lowest BCUT2D eigenvalue weighted by Gasteiger charge is -2.18. The SMILES string of the molecule is CC/C=C\C/C=C\C/C=C\C/C=C\C/C=C\C/C=C\C/C=C\CCCCCCCCCC(=O)OCC(COC(=O)CCCCCCC/C=C\CCCCCCCCC)OC(=O)CCCCCCCC/C=C\C/C=C\C/C=C\CCCCC. The Morgan fingerprint density at radius 2 is 0.476 bits per heavy atom. The molecule has 0 aliphatic heterocycles. The van der Waals surface area contributed by atoms with Gasteiger partial charge in [-0.15, -0.1) is 0 Å². The van der Waals surface area contributed by atoms with Crippen molar-refractivity contribution in [2.75, 3.05) is 13.2 Å². The van der Waals surface area contributed by atoms with Crippen LogP contribution >= 0.6 is 0 Å². The fourth-order valence-electron chi connectivity index (χ4n) is 9.25. The van der Waals surface area contributed by atoms with Crippen LogP contribution < -0.4 is 0 Å². The predicted octanol–water partition coefficient (Wildman–Crippen LogP) is 23.7. The molecular weight excluding hydrogens is 1010 g/mol. The Morgan fingerprint density at radius 1 is 0.256 bits per heavy atom. The summed E-state index contributed by atoms with van der Waals surface area (Å²) < 4.78 is 16.9. The first-order valence-electron chi connectivity index (χ1n) is 34.2. The molecule has 1 unspecified atom stereocenters. The Balaban J connectivity index is 4.41. The summed E-state index contributed by atoms with van der Waals surface area (Å²) in [5.41, 5.74) is 0. The smallest absolute Gasteiger partial charge is 0.306 e. The maximum Gasteiger partial charge on any atom is 0.306 e. The molecule has 1 atom stereocenters. The van der Waals surface area contributed by atoms with Crippen LogP contribution in [0.4, 0.5) is 0 Å². The van der Waals surface area contributed by atoms with Crippen molar-refractivity contribution in [2.45, 2.75) is 316 Å². The molecule has 0 bridgehead atoms. The van der Waals surface area contributed by atoms with Crippen LogP contribution in [0.2, 0.25) is 0 Å². The van der Waals surface area contributed by atoms with Gasteiger partial charge in [-0.2, -0.15) is 0 Å². The minimum absolute atomic E-state index is 0.0937. The van der Waals surface area contributed by atoms with Gasteiger partial charge in [0.25, 0.3) is 0 Å². The monoisotopic (exact) mass is 1130 g/mol. The van der Waals surface area contributed by atoms with Gasteiger partial charge in [-0.3, -0.25) is 14.4 Å². The highest BCUT2D eigenvalue weighted by atomic mass is 16.6. The van der Waals surface area contributed by atoms with Crippen LogP contribution in [0, 0.1) is 0 Å². The van der Waals surface area contributed by atoms with Gasteiger partial charge in [0.05, 0.1) is 0 Å². The highest BCUT2D eigenvalue weighted by Gasteiger charge is 2.19. The quantitative estimate of drug-likeness (QED) is 0.0261. The van der Waals surface area contributed by atoms with Gasteiger partial charge in [-0.25, -0.2) is 0 Å². The number of allylic oxidation sites excluding steroid dienone is 22. The standard InChI is InChI=1S/C76H126O6/c1-4-7-10-13-16-19-22-25-28-31-33-34-35-36-37-38-39-40-41-42-44-45-48-51-54-57-60-63-66-69-75(78)81-72-73(71-80-74(77)68-65-62-59-56-53-50-47-30-27-24-21-18-15-12-9-6-3)82-76(79)70-67-64-61-58-55-52-49-46-43-32-29-26-23-20-17-14-11-8-5-2/h7,10,16-17,19-20,25-26,28-30,33-34,36-37,39-40,42-44,46-47,73H,4-6,8-9,11-15,18,21-24,27,31-32,35,38,41,45,48-72H2,1-3H3/b10-7-,19-16-,20-17-,28-25-,29-26-,34-33-,37-36-,40-39-,44-42-,46-43-,47-30-. The van der Waals surface area contributed by atoms with Crippen molar-refractivity contribution in [2.24, 2.45) is 0 Å². The Kier molecular flexibility index (Phi) is 65.3. The number of carbonyl (C=O) groups excluding carboxylic acids is 3. The summed E-state index contributed by atoms with van der Waals surface area (Å²) in [5.74, 6) is -0.919. The summed E-state index contributed by atoms with van der Waals surface area (Å²) in [5, 5.41) is 0. The summed E-state index contributed by atoms with van der Waals surface area (Å²) in [6.07, 6.45) is 97.4. The van der Waals surface area contributed by atoms with Crippen molar-refractivity contribution < 1.29 is 28.6 Å². The van der Waals surface area contributed by atoms with E-state index in [0.717, 1.165) is 141 Å². The second kappa shape index (κ2) is 69.0. The van der Waals surface area contributed by atoms with Gasteiger partial charge in [0.2, 0.25) is 0 Å². The molecule has 0 N–H and O–H groups in total. The Morgan fingerprint density at radius 3 is 0.780 bits per heavy atom. The van der Waals surface area contributed by atoms with Gasteiger partial charge in [0.1, 0.15) is 13.2 Å². The van der Waals surface area contributed by atoms with Crippen molar-refractivity contribution in [3.8, 4) is 0 Å². The summed E-state index contributed by atoms with van der Waals surface area (Å²) in [6, 6.07) is 0. The van der Waals surface area contributed by atoms with Crippen molar-refractivity contribution in [1.82, 2.24) is 0 Å². The van der Waals surface area contributed by atoms with Crippen LogP contribution in [0.1, 0.15) is 310 Å². The fourth-order valence-corrected chi connectivity index (χ4v) is 9.25. The van der Waals surface area contributed by atoms with Crippen LogP contribution in [0.15, 0.2) is 134 Å². The van der Waals surface area contributed by atoms with E-state index >= 15 is 0 Å². The Labute approximate surface area is 506 Å². The summed E-state index contributed by atoms with van der Waals surface area (Å²) in [4.78, 5) is 38.4. The molecule has 0 amide bonds. The molecule has 6 heteroatoms. The molecule has 0 radical (unpaired) electrons. The number of rotatable bonds is 61. The topological polar surface area (TPSA) is 78.9 Å². The lowest BCUT2D eigenvalue weighted by atomic mass is 10.1. The minimum atomic E-state index is -0.800. The molecule has 82 heavy (non-hydrogen) atoms. The van der Waals surface area contributed by atoms with E-state index in [1.54, 1.807) is 0 Å². The molecule has 0 aliphatic carbocycles. The van der Waals surface area contributed by atoms with Gasteiger partial charge in [0, 0.05) is 19.3 Å². The van der Waals surface area contributed by atoms with E-state index in [1.165, 1.54) is 128 Å². The summed E-state index contributed by atoms with van der Waals surface area (Å²) >= 11 is 0. The molecule has 0 heterocycles. The van der Waals surface area contributed by atoms with Crippen LogP contribution in [0.3, 0.4) is 0 Å². The van der Waals surface area contributed by atoms with Crippen LogP contribution in [0.5, 0.6) is 0 Å². The Bertz CT molecular complexity index is 1730. The van der Waals surface area contributed by atoms with E-state index < -0.39 is 6.10 Å². The highest BCUT2D eigenvalue weighted by molar-refractivity contribution is 5.71. The molecule has 0 aromatic carbocycles. The average Bonchev–Trinajstić information content (AvgIpc) is 3.47. The van der Waals surface area contributed by atoms with E-state index in [9.17, 15) is 14.4 Å². The number of carbonyl (C=O) groups is 3. The van der Waals surface area contributed by atoms with Gasteiger partial charge in [-0.05, 0) is 141 Å². The van der Waals surface area contributed by atoms with E-state index in [0.29, 0.717) is 19.3 Å². The fraction of sp³-hybridized carbons (Fsp3) is 0.671. The molecule has 0 aliphatic rings. The normalized spacial score (nSPS) is 13.0. The first-order chi connectivity index (χ1) is 40.5. The highest BCUT2D eigenvalue weighted by Crippen LogP contribution is 2.15. The molecule has 6 nitrogen and oxygen atoms in total. The lowest BCUT2D eigenvalue weighted by Crippen LogP contribution is -2.30. The van der Waals surface area contributed by atoms with Crippen LogP contribution in [-0.4, -0.2) is 37.2 Å². The van der Waals surface area contributed by atoms with Gasteiger partial charge >= 0.3 is 17.9 Å². The molecule has 466 valence electrons. The molecule has 0 saturated heterocycles. The third-order valence-electron chi connectivity index (χ3n) is 14.4. The van der Waals surface area contributed by atoms with E-state index in [4.69, 9.17) is 14.2 Å². The predicted molar refractivity (Wildman–Crippen MR) is 357 cm³/mol. The summed E-state index contributed by atoms with van der Waals surface area (Å²) in [6.45, 7) is 6.49. The second-order valence-corrected chi connectivity index (χ2v) is 22.3. The molecule has 0 saturated carbocycles. The van der Waals surface area contributed by atoms with Gasteiger partial charge in [-0.1, -0.05) is 283 Å². The Hall–Kier alpha value is -4.45. The van der Waals surface area contributed by atoms with Crippen molar-refractivity contribution >= 4 is 17.9 Å².